The number of nitrogens with zero attached hydrogens (tertiary/aromatic N) is 1. The van der Waals surface area contributed by atoms with E-state index in [2.05, 4.69) is 10.6 Å². The van der Waals surface area contributed by atoms with Crippen molar-refractivity contribution >= 4 is 17.9 Å². The van der Waals surface area contributed by atoms with Gasteiger partial charge in [0.1, 0.15) is 17.7 Å². The lowest BCUT2D eigenvalue weighted by Crippen LogP contribution is -2.54. The molecule has 2 atom stereocenters. The van der Waals surface area contributed by atoms with Crippen LogP contribution in [0.2, 0.25) is 0 Å². The second-order valence-electron chi connectivity index (χ2n) is 10.3. The summed E-state index contributed by atoms with van der Waals surface area (Å²) in [7, 11) is 0. The molecule has 2 aromatic rings. The smallest absolute Gasteiger partial charge is 0.408 e. The van der Waals surface area contributed by atoms with Crippen molar-refractivity contribution in [2.24, 2.45) is 0 Å². The molecule has 0 aromatic heterocycles. The number of ether oxygens (including phenoxy) is 1. The number of carbonyl (C=O) groups excluding carboxylic acids is 3. The van der Waals surface area contributed by atoms with E-state index in [1.54, 1.807) is 20.8 Å². The fourth-order valence-corrected chi connectivity index (χ4v) is 4.07. The number of alkyl carbamates (subject to hydrolysis) is 1. The van der Waals surface area contributed by atoms with Crippen molar-refractivity contribution < 1.29 is 24.2 Å². The van der Waals surface area contributed by atoms with Crippen LogP contribution in [0, 0.1) is 0 Å². The summed E-state index contributed by atoms with van der Waals surface area (Å²) in [5.74, 6) is -0.816. The molecule has 0 spiro atoms. The molecule has 0 aliphatic carbocycles. The summed E-state index contributed by atoms with van der Waals surface area (Å²) >= 11 is 0. The summed E-state index contributed by atoms with van der Waals surface area (Å²) in [6.07, 6.45) is 2.02. The minimum absolute atomic E-state index is 0.0818. The molecule has 0 aliphatic rings. The number of carbonyl (C=O) groups is 3. The zero-order valence-corrected chi connectivity index (χ0v) is 23.3. The highest BCUT2D eigenvalue weighted by molar-refractivity contribution is 5.92. The summed E-state index contributed by atoms with van der Waals surface area (Å²) in [4.78, 5) is 41.6. The molecule has 2 rings (SSSR count). The minimum Gasteiger partial charge on any atom is -0.444 e. The Morgan fingerprint density at radius 2 is 1.63 bits per heavy atom. The van der Waals surface area contributed by atoms with Gasteiger partial charge >= 0.3 is 6.09 Å². The van der Waals surface area contributed by atoms with Crippen LogP contribution in [0.15, 0.2) is 54.6 Å². The van der Waals surface area contributed by atoms with Gasteiger partial charge in [-0.2, -0.15) is 0 Å². The van der Waals surface area contributed by atoms with E-state index < -0.39 is 29.7 Å². The molecular weight excluding hydrogens is 482 g/mol. The Kier molecular flexibility index (Phi) is 12.3. The molecule has 2 unspecified atom stereocenters. The second-order valence-corrected chi connectivity index (χ2v) is 10.3. The Hall–Kier alpha value is -3.39. The van der Waals surface area contributed by atoms with E-state index in [1.165, 1.54) is 4.90 Å². The standard InChI is InChI=1S/C30H43N3O5/c1-6-8-18-31-27(35)26(24-16-14-22(7-2)15-17-24)33(19-20-34)28(36)25(21-23-12-10-9-11-13-23)32-29(37)38-30(3,4)5/h9-17,25-26,34H,6-8,18-21H2,1-5H3,(H,31,35)(H,32,37). The summed E-state index contributed by atoms with van der Waals surface area (Å²) < 4.78 is 5.43. The average molecular weight is 526 g/mol. The van der Waals surface area contributed by atoms with E-state index in [1.807, 2.05) is 68.4 Å². The first kappa shape index (κ1) is 30.8. The molecule has 3 amide bonds. The quantitative estimate of drug-likeness (QED) is 0.340. The highest BCUT2D eigenvalue weighted by atomic mass is 16.6. The summed E-state index contributed by atoms with van der Waals surface area (Å²) in [5.41, 5.74) is 1.82. The highest BCUT2D eigenvalue weighted by Crippen LogP contribution is 2.24. The Morgan fingerprint density at radius 1 is 0.974 bits per heavy atom. The predicted molar refractivity (Wildman–Crippen MR) is 149 cm³/mol. The molecule has 208 valence electrons. The molecule has 38 heavy (non-hydrogen) atoms. The van der Waals surface area contributed by atoms with Crippen molar-refractivity contribution in [1.29, 1.82) is 0 Å². The molecule has 0 saturated carbocycles. The molecule has 0 saturated heterocycles. The fraction of sp³-hybridized carbons (Fsp3) is 0.500. The fourth-order valence-electron chi connectivity index (χ4n) is 4.07. The number of hydrogen-bond donors (Lipinski definition) is 3. The lowest BCUT2D eigenvalue weighted by atomic mass is 9.99. The van der Waals surface area contributed by atoms with Crippen molar-refractivity contribution in [3.8, 4) is 0 Å². The number of hydrogen-bond acceptors (Lipinski definition) is 5. The molecular formula is C30H43N3O5. The maximum atomic E-state index is 14.1. The molecule has 8 heteroatoms. The van der Waals surface area contributed by atoms with Gasteiger partial charge in [-0.25, -0.2) is 4.79 Å². The molecule has 2 aromatic carbocycles. The summed E-state index contributed by atoms with van der Waals surface area (Å²) in [6.45, 7) is 9.36. The van der Waals surface area contributed by atoms with Crippen LogP contribution in [-0.4, -0.2) is 59.3 Å². The van der Waals surface area contributed by atoms with Crippen molar-refractivity contribution in [2.45, 2.75) is 78.0 Å². The third-order valence-electron chi connectivity index (χ3n) is 5.99. The molecule has 3 N–H and O–H groups in total. The number of nitrogens with one attached hydrogen (secondary N) is 2. The number of aliphatic hydroxyl groups is 1. The van der Waals surface area contributed by atoms with Crippen LogP contribution in [0.5, 0.6) is 0 Å². The molecule has 8 nitrogen and oxygen atoms in total. The monoisotopic (exact) mass is 525 g/mol. The first-order valence-electron chi connectivity index (χ1n) is 13.4. The van der Waals surface area contributed by atoms with Crippen LogP contribution in [0.1, 0.15) is 70.2 Å². The van der Waals surface area contributed by atoms with Gasteiger partial charge in [-0.1, -0.05) is 74.9 Å². The molecule has 0 fully saturated rings. The summed E-state index contributed by atoms with van der Waals surface area (Å²) in [5, 5.41) is 15.6. The lowest BCUT2D eigenvalue weighted by molar-refractivity contribution is -0.143. The van der Waals surface area contributed by atoms with Gasteiger partial charge in [0.15, 0.2) is 0 Å². The van der Waals surface area contributed by atoms with Crippen LogP contribution in [0.4, 0.5) is 4.79 Å². The van der Waals surface area contributed by atoms with Crippen LogP contribution in [0.25, 0.3) is 0 Å². The summed E-state index contributed by atoms with van der Waals surface area (Å²) in [6, 6.07) is 14.9. The molecule has 0 aliphatic heterocycles. The first-order valence-corrected chi connectivity index (χ1v) is 13.4. The predicted octanol–water partition coefficient (Wildman–Crippen LogP) is 4.16. The number of unbranched alkanes of at least 4 members (excludes halogenated alkanes) is 1. The Balaban J connectivity index is 2.47. The lowest BCUT2D eigenvalue weighted by Gasteiger charge is -2.34. The topological polar surface area (TPSA) is 108 Å². The van der Waals surface area contributed by atoms with Gasteiger partial charge in [-0.15, -0.1) is 0 Å². The minimum atomic E-state index is -1.01. The number of rotatable bonds is 13. The average Bonchev–Trinajstić information content (AvgIpc) is 2.87. The second kappa shape index (κ2) is 15.1. The van der Waals surface area contributed by atoms with E-state index in [0.717, 1.165) is 30.4 Å². The Labute approximate surface area is 226 Å². The van der Waals surface area contributed by atoms with Gasteiger partial charge in [-0.3, -0.25) is 9.59 Å². The Bertz CT molecular complexity index is 1020. The Morgan fingerprint density at radius 3 is 2.18 bits per heavy atom. The number of aryl methyl sites for hydroxylation is 1. The van der Waals surface area contributed by atoms with E-state index in [9.17, 15) is 19.5 Å². The molecule has 0 radical (unpaired) electrons. The SMILES string of the molecule is CCCCNC(=O)C(c1ccc(CC)cc1)N(CCO)C(=O)C(Cc1ccccc1)NC(=O)OC(C)(C)C. The van der Waals surface area contributed by atoms with Gasteiger partial charge in [0, 0.05) is 19.5 Å². The van der Waals surface area contributed by atoms with E-state index >= 15 is 0 Å². The van der Waals surface area contributed by atoms with Gasteiger partial charge in [-0.05, 0) is 50.3 Å². The van der Waals surface area contributed by atoms with Crippen LogP contribution in [-0.2, 0) is 27.2 Å². The molecule has 0 heterocycles. The maximum Gasteiger partial charge on any atom is 0.408 e. The number of benzene rings is 2. The normalized spacial score (nSPS) is 12.8. The van der Waals surface area contributed by atoms with E-state index in [4.69, 9.17) is 4.74 Å². The van der Waals surface area contributed by atoms with Crippen LogP contribution < -0.4 is 10.6 Å². The molecule has 0 bridgehead atoms. The third kappa shape index (κ3) is 9.82. The van der Waals surface area contributed by atoms with Crippen molar-refractivity contribution in [2.75, 3.05) is 19.7 Å². The van der Waals surface area contributed by atoms with Gasteiger partial charge in [0.05, 0.1) is 6.61 Å². The van der Waals surface area contributed by atoms with Gasteiger partial charge < -0.3 is 25.4 Å². The number of amides is 3. The van der Waals surface area contributed by atoms with Crippen molar-refractivity contribution in [3.63, 3.8) is 0 Å². The van der Waals surface area contributed by atoms with Crippen molar-refractivity contribution in [1.82, 2.24) is 15.5 Å². The van der Waals surface area contributed by atoms with E-state index in [0.29, 0.717) is 12.1 Å². The van der Waals surface area contributed by atoms with Crippen LogP contribution >= 0.6 is 0 Å². The first-order chi connectivity index (χ1) is 18.1. The zero-order valence-electron chi connectivity index (χ0n) is 23.3. The maximum absolute atomic E-state index is 14.1. The van der Waals surface area contributed by atoms with Gasteiger partial charge in [0.25, 0.3) is 0 Å². The highest BCUT2D eigenvalue weighted by Gasteiger charge is 2.36. The largest absolute Gasteiger partial charge is 0.444 e. The number of aliphatic hydroxyl groups excluding tert-OH is 1. The van der Waals surface area contributed by atoms with Crippen LogP contribution in [0.3, 0.4) is 0 Å². The van der Waals surface area contributed by atoms with E-state index in [-0.39, 0.29) is 25.5 Å². The van der Waals surface area contributed by atoms with Crippen molar-refractivity contribution in [3.05, 3.63) is 71.3 Å². The van der Waals surface area contributed by atoms with Gasteiger partial charge in [0.2, 0.25) is 11.8 Å². The zero-order chi connectivity index (χ0) is 28.1. The third-order valence-corrected chi connectivity index (χ3v) is 5.99.